The molecule has 0 aliphatic carbocycles. The Morgan fingerprint density at radius 1 is 1.47 bits per heavy atom. The van der Waals surface area contributed by atoms with Crippen LogP contribution in [-0.4, -0.2) is 50.2 Å². The molecular formula is C10H20N4O. The first-order valence-corrected chi connectivity index (χ1v) is 5.32. The molecule has 0 aromatic rings. The van der Waals surface area contributed by atoms with Crippen LogP contribution in [0.25, 0.3) is 0 Å². The van der Waals surface area contributed by atoms with Crippen LogP contribution in [0.15, 0.2) is 12.3 Å². The van der Waals surface area contributed by atoms with E-state index in [1.807, 2.05) is 0 Å². The Balaban J connectivity index is 2.04. The van der Waals surface area contributed by atoms with Gasteiger partial charge in [-0.15, -0.1) is 0 Å². The van der Waals surface area contributed by atoms with Gasteiger partial charge in [0.1, 0.15) is 0 Å². The molecule has 15 heavy (non-hydrogen) atoms. The van der Waals surface area contributed by atoms with Crippen molar-refractivity contribution < 1.29 is 4.79 Å². The zero-order valence-corrected chi connectivity index (χ0v) is 9.31. The van der Waals surface area contributed by atoms with Gasteiger partial charge in [0.15, 0.2) is 0 Å². The minimum atomic E-state index is -0.169. The van der Waals surface area contributed by atoms with Gasteiger partial charge in [-0.1, -0.05) is 6.58 Å². The summed E-state index contributed by atoms with van der Waals surface area (Å²) in [7, 11) is 0. The highest BCUT2D eigenvalue weighted by Crippen LogP contribution is 1.89. The Hall–Kier alpha value is -1.07. The first-order valence-electron chi connectivity index (χ1n) is 5.32. The van der Waals surface area contributed by atoms with E-state index in [2.05, 4.69) is 27.4 Å². The summed E-state index contributed by atoms with van der Waals surface area (Å²) in [6.07, 6.45) is 0. The van der Waals surface area contributed by atoms with Crippen LogP contribution in [0.1, 0.15) is 6.92 Å². The summed E-state index contributed by atoms with van der Waals surface area (Å²) in [4.78, 5) is 13.5. The second kappa shape index (κ2) is 6.42. The summed E-state index contributed by atoms with van der Waals surface area (Å²) in [5.74, 6) is 0. The zero-order chi connectivity index (χ0) is 11.1. The molecule has 0 aromatic heterocycles. The molecule has 1 aliphatic heterocycles. The second-order valence-electron chi connectivity index (χ2n) is 3.75. The maximum atomic E-state index is 11.2. The number of allylic oxidation sites excluding steroid dienone is 1. The molecule has 0 bridgehead atoms. The number of nitrogens with zero attached hydrogens (tertiary/aromatic N) is 1. The smallest absolute Gasteiger partial charge is 0.318 e. The van der Waals surface area contributed by atoms with E-state index in [9.17, 15) is 4.79 Å². The third kappa shape index (κ3) is 5.39. The Labute approximate surface area is 90.9 Å². The van der Waals surface area contributed by atoms with Crippen molar-refractivity contribution in [3.8, 4) is 0 Å². The average Bonchev–Trinajstić information content (AvgIpc) is 2.18. The van der Waals surface area contributed by atoms with Crippen LogP contribution >= 0.6 is 0 Å². The summed E-state index contributed by atoms with van der Waals surface area (Å²) in [5.41, 5.74) is 0.662. The standard InChI is InChI=1S/C10H20N4O/c1-9(2)13-10(15)12-5-8-14-6-3-11-4-7-14/h11H,1,3-8H2,2H3,(H2,12,13,15). The average molecular weight is 212 g/mol. The van der Waals surface area contributed by atoms with Crippen molar-refractivity contribution in [2.45, 2.75) is 6.92 Å². The van der Waals surface area contributed by atoms with Gasteiger partial charge in [-0.2, -0.15) is 0 Å². The van der Waals surface area contributed by atoms with Crippen molar-refractivity contribution in [2.75, 3.05) is 39.3 Å². The van der Waals surface area contributed by atoms with Crippen LogP contribution in [0.2, 0.25) is 0 Å². The van der Waals surface area contributed by atoms with E-state index < -0.39 is 0 Å². The molecule has 0 aromatic carbocycles. The van der Waals surface area contributed by atoms with Crippen molar-refractivity contribution in [2.24, 2.45) is 0 Å². The first kappa shape index (κ1) is 12.0. The molecule has 0 spiro atoms. The molecule has 0 atom stereocenters. The van der Waals surface area contributed by atoms with E-state index in [1.165, 1.54) is 0 Å². The molecule has 5 heteroatoms. The number of urea groups is 1. The van der Waals surface area contributed by atoms with Crippen molar-refractivity contribution in [1.29, 1.82) is 0 Å². The lowest BCUT2D eigenvalue weighted by Crippen LogP contribution is -2.47. The van der Waals surface area contributed by atoms with Crippen molar-refractivity contribution in [3.05, 3.63) is 12.3 Å². The highest BCUT2D eigenvalue weighted by molar-refractivity contribution is 5.75. The largest absolute Gasteiger partial charge is 0.337 e. The monoisotopic (exact) mass is 212 g/mol. The molecule has 1 heterocycles. The van der Waals surface area contributed by atoms with Crippen LogP contribution in [0, 0.1) is 0 Å². The Kier molecular flexibility index (Phi) is 5.14. The molecule has 86 valence electrons. The van der Waals surface area contributed by atoms with Gasteiger partial charge in [-0.25, -0.2) is 4.79 Å². The van der Waals surface area contributed by atoms with Crippen LogP contribution in [0.4, 0.5) is 4.79 Å². The minimum absolute atomic E-state index is 0.169. The van der Waals surface area contributed by atoms with Crippen LogP contribution in [0.3, 0.4) is 0 Å². The number of piperazine rings is 1. The molecule has 1 saturated heterocycles. The molecule has 1 rings (SSSR count). The number of amides is 2. The number of hydrogen-bond acceptors (Lipinski definition) is 3. The van der Waals surface area contributed by atoms with Gasteiger partial charge in [0.2, 0.25) is 0 Å². The first-order chi connectivity index (χ1) is 7.18. The predicted molar refractivity (Wildman–Crippen MR) is 60.7 cm³/mol. The molecule has 3 N–H and O–H groups in total. The number of rotatable bonds is 4. The predicted octanol–water partition coefficient (Wildman–Crippen LogP) is -0.276. The molecule has 2 amide bonds. The number of hydrogen-bond donors (Lipinski definition) is 3. The van der Waals surface area contributed by atoms with Gasteiger partial charge >= 0.3 is 6.03 Å². The molecular weight excluding hydrogens is 192 g/mol. The third-order valence-electron chi connectivity index (χ3n) is 2.25. The lowest BCUT2D eigenvalue weighted by Gasteiger charge is -2.27. The fourth-order valence-corrected chi connectivity index (χ4v) is 1.50. The zero-order valence-electron chi connectivity index (χ0n) is 9.31. The third-order valence-corrected chi connectivity index (χ3v) is 2.25. The van der Waals surface area contributed by atoms with Crippen LogP contribution in [-0.2, 0) is 0 Å². The molecule has 0 radical (unpaired) electrons. The summed E-state index contributed by atoms with van der Waals surface area (Å²) in [6.45, 7) is 11.1. The fraction of sp³-hybridized carbons (Fsp3) is 0.700. The molecule has 1 fully saturated rings. The highest BCUT2D eigenvalue weighted by Gasteiger charge is 2.08. The quantitative estimate of drug-likeness (QED) is 0.601. The van der Waals surface area contributed by atoms with Crippen molar-refractivity contribution in [3.63, 3.8) is 0 Å². The van der Waals surface area contributed by atoms with Crippen LogP contribution < -0.4 is 16.0 Å². The molecule has 0 unspecified atom stereocenters. The van der Waals surface area contributed by atoms with E-state index in [4.69, 9.17) is 0 Å². The lowest BCUT2D eigenvalue weighted by atomic mass is 10.3. The minimum Gasteiger partial charge on any atom is -0.337 e. The van der Waals surface area contributed by atoms with Gasteiger partial charge in [-0.3, -0.25) is 4.90 Å². The van der Waals surface area contributed by atoms with Gasteiger partial charge in [0, 0.05) is 45.0 Å². The second-order valence-corrected chi connectivity index (χ2v) is 3.75. The molecule has 0 saturated carbocycles. The van der Waals surface area contributed by atoms with E-state index in [1.54, 1.807) is 6.92 Å². The summed E-state index contributed by atoms with van der Waals surface area (Å²) in [5, 5.41) is 8.68. The van der Waals surface area contributed by atoms with Gasteiger partial charge in [0.05, 0.1) is 0 Å². The van der Waals surface area contributed by atoms with Gasteiger partial charge in [-0.05, 0) is 6.92 Å². The van der Waals surface area contributed by atoms with Crippen LogP contribution in [0.5, 0.6) is 0 Å². The van der Waals surface area contributed by atoms with E-state index in [0.717, 1.165) is 32.7 Å². The topological polar surface area (TPSA) is 56.4 Å². The Bertz CT molecular complexity index is 223. The highest BCUT2D eigenvalue weighted by atomic mass is 16.2. The van der Waals surface area contributed by atoms with Gasteiger partial charge < -0.3 is 16.0 Å². The maximum Gasteiger partial charge on any atom is 0.318 e. The summed E-state index contributed by atoms with van der Waals surface area (Å²) < 4.78 is 0. The summed E-state index contributed by atoms with van der Waals surface area (Å²) in [6, 6.07) is -0.169. The molecule has 5 nitrogen and oxygen atoms in total. The number of carbonyl (C=O) groups is 1. The van der Waals surface area contributed by atoms with Crippen molar-refractivity contribution in [1.82, 2.24) is 20.9 Å². The number of carbonyl (C=O) groups excluding carboxylic acids is 1. The van der Waals surface area contributed by atoms with Crippen molar-refractivity contribution >= 4 is 6.03 Å². The number of nitrogens with one attached hydrogen (secondary N) is 3. The van der Waals surface area contributed by atoms with E-state index in [-0.39, 0.29) is 6.03 Å². The normalized spacial score (nSPS) is 17.1. The SMILES string of the molecule is C=C(C)NC(=O)NCCN1CCNCC1. The maximum absolute atomic E-state index is 11.2. The Morgan fingerprint density at radius 2 is 2.13 bits per heavy atom. The van der Waals surface area contributed by atoms with E-state index in [0.29, 0.717) is 12.2 Å². The fourth-order valence-electron chi connectivity index (χ4n) is 1.50. The Morgan fingerprint density at radius 3 is 2.73 bits per heavy atom. The van der Waals surface area contributed by atoms with E-state index >= 15 is 0 Å². The lowest BCUT2D eigenvalue weighted by molar-refractivity contribution is 0.228. The summed E-state index contributed by atoms with van der Waals surface area (Å²) >= 11 is 0. The molecule has 1 aliphatic rings. The van der Waals surface area contributed by atoms with Gasteiger partial charge in [0.25, 0.3) is 0 Å².